The van der Waals surface area contributed by atoms with Crippen molar-refractivity contribution in [2.75, 3.05) is 5.32 Å². The van der Waals surface area contributed by atoms with Gasteiger partial charge in [-0.3, -0.25) is 9.59 Å². The van der Waals surface area contributed by atoms with Gasteiger partial charge in [0.15, 0.2) is 11.6 Å². The Labute approximate surface area is 99.8 Å². The minimum atomic E-state index is -4.73. The number of nitrogens with one attached hydrogen (secondary N) is 1. The molecule has 18 heavy (non-hydrogen) atoms. The van der Waals surface area contributed by atoms with E-state index in [1.54, 1.807) is 0 Å². The van der Waals surface area contributed by atoms with Crippen molar-refractivity contribution < 1.29 is 27.2 Å². The Hall–Kier alpha value is -1.92. The zero-order valence-corrected chi connectivity index (χ0v) is 9.48. The quantitative estimate of drug-likeness (QED) is 0.658. The summed E-state index contributed by atoms with van der Waals surface area (Å²) in [4.78, 5) is 21.8. The summed E-state index contributed by atoms with van der Waals surface area (Å²) < 4.78 is 51.3. The number of rotatable bonds is 2. The molecule has 0 aromatic heterocycles. The van der Waals surface area contributed by atoms with Gasteiger partial charge in [0.2, 0.25) is 5.91 Å². The predicted octanol–water partition coefficient (Wildman–Crippen LogP) is 3.01. The van der Waals surface area contributed by atoms with Gasteiger partial charge in [0.05, 0.1) is 16.8 Å². The summed E-state index contributed by atoms with van der Waals surface area (Å²) in [6.07, 6.45) is -4.73. The van der Waals surface area contributed by atoms with E-state index in [0.717, 1.165) is 13.8 Å². The van der Waals surface area contributed by atoms with Gasteiger partial charge in [-0.1, -0.05) is 0 Å². The second kappa shape index (κ2) is 4.75. The van der Waals surface area contributed by atoms with Gasteiger partial charge in [-0.05, 0) is 19.1 Å². The number of hydrogen-bond donors (Lipinski definition) is 1. The first-order valence-electron chi connectivity index (χ1n) is 4.82. The lowest BCUT2D eigenvalue weighted by molar-refractivity contribution is -0.137. The third kappa shape index (κ3) is 3.06. The van der Waals surface area contributed by atoms with E-state index in [0.29, 0.717) is 12.1 Å². The average molecular weight is 263 g/mol. The maximum Gasteiger partial charge on any atom is 0.416 e. The minimum Gasteiger partial charge on any atom is -0.324 e. The second-order valence-electron chi connectivity index (χ2n) is 3.62. The van der Waals surface area contributed by atoms with Gasteiger partial charge in [0.1, 0.15) is 0 Å². The van der Waals surface area contributed by atoms with Crippen LogP contribution in [0.15, 0.2) is 12.1 Å². The molecule has 0 spiro atoms. The molecule has 0 aliphatic rings. The third-order valence-corrected chi connectivity index (χ3v) is 2.09. The molecule has 1 N–H and O–H groups in total. The highest BCUT2D eigenvalue weighted by Crippen LogP contribution is 2.33. The van der Waals surface area contributed by atoms with E-state index in [-0.39, 0.29) is 0 Å². The fourth-order valence-electron chi connectivity index (χ4n) is 1.32. The number of hydrogen-bond acceptors (Lipinski definition) is 2. The zero-order chi connectivity index (χ0) is 14.1. The smallest absolute Gasteiger partial charge is 0.324 e. The Kier molecular flexibility index (Phi) is 3.73. The van der Waals surface area contributed by atoms with Gasteiger partial charge in [-0.2, -0.15) is 13.2 Å². The van der Waals surface area contributed by atoms with Crippen LogP contribution in [0, 0.1) is 5.82 Å². The Morgan fingerprint density at radius 3 is 2.11 bits per heavy atom. The molecule has 0 atom stereocenters. The molecule has 1 amide bonds. The molecule has 0 fully saturated rings. The highest BCUT2D eigenvalue weighted by molar-refractivity contribution is 5.97. The van der Waals surface area contributed by atoms with Gasteiger partial charge in [0.25, 0.3) is 0 Å². The summed E-state index contributed by atoms with van der Waals surface area (Å²) in [5, 5.41) is 1.91. The lowest BCUT2D eigenvalue weighted by atomic mass is 10.0. The van der Waals surface area contributed by atoms with E-state index < -0.39 is 40.5 Å². The van der Waals surface area contributed by atoms with E-state index in [1.165, 1.54) is 0 Å². The third-order valence-electron chi connectivity index (χ3n) is 2.09. The molecular weight excluding hydrogens is 254 g/mol. The van der Waals surface area contributed by atoms with Crippen molar-refractivity contribution in [1.29, 1.82) is 0 Å². The van der Waals surface area contributed by atoms with E-state index >= 15 is 0 Å². The van der Waals surface area contributed by atoms with Gasteiger partial charge in [-0.25, -0.2) is 4.39 Å². The van der Waals surface area contributed by atoms with Crippen molar-refractivity contribution in [3.8, 4) is 0 Å². The first kappa shape index (κ1) is 14.1. The van der Waals surface area contributed by atoms with Gasteiger partial charge >= 0.3 is 6.18 Å². The topological polar surface area (TPSA) is 46.2 Å². The lowest BCUT2D eigenvalue weighted by Gasteiger charge is -2.12. The molecule has 1 rings (SSSR count). The molecule has 0 aliphatic heterocycles. The van der Waals surface area contributed by atoms with Gasteiger partial charge < -0.3 is 5.32 Å². The summed E-state index contributed by atoms with van der Waals surface area (Å²) in [5.41, 5.74) is -2.58. The number of halogens is 4. The Bertz CT molecular complexity index is 509. The van der Waals surface area contributed by atoms with Crippen molar-refractivity contribution in [3.05, 3.63) is 29.1 Å². The van der Waals surface area contributed by atoms with Crippen LogP contribution in [0.5, 0.6) is 0 Å². The normalized spacial score (nSPS) is 11.2. The summed E-state index contributed by atoms with van der Waals surface area (Å²) >= 11 is 0. The molecule has 1 aromatic rings. The van der Waals surface area contributed by atoms with Crippen molar-refractivity contribution >= 4 is 17.4 Å². The molecule has 7 heteroatoms. The predicted molar refractivity (Wildman–Crippen MR) is 55.7 cm³/mol. The van der Waals surface area contributed by atoms with E-state index in [1.807, 2.05) is 5.32 Å². The van der Waals surface area contributed by atoms with Crippen LogP contribution in [-0.2, 0) is 11.0 Å². The maximum atomic E-state index is 13.6. The average Bonchev–Trinajstić information content (AvgIpc) is 2.18. The molecule has 0 radical (unpaired) electrons. The standard InChI is InChI=1S/C11H9F4NO2/c1-5(17)8-3-7(11(13,14)15)4-9(10(8)12)16-6(2)18/h3-4H,1-2H3,(H,16,18). The molecule has 98 valence electrons. The Balaban J connectivity index is 3.46. The van der Waals surface area contributed by atoms with Crippen molar-refractivity contribution in [2.45, 2.75) is 20.0 Å². The lowest BCUT2D eigenvalue weighted by Crippen LogP contribution is -2.14. The monoisotopic (exact) mass is 263 g/mol. The largest absolute Gasteiger partial charge is 0.416 e. The summed E-state index contributed by atoms with van der Waals surface area (Å²) in [6.45, 7) is 1.96. The zero-order valence-electron chi connectivity index (χ0n) is 9.48. The first-order valence-corrected chi connectivity index (χ1v) is 4.82. The summed E-state index contributed by atoms with van der Waals surface area (Å²) in [7, 11) is 0. The van der Waals surface area contributed by atoms with Crippen LogP contribution in [0.4, 0.5) is 23.2 Å². The molecule has 0 bridgehead atoms. The number of carbonyl (C=O) groups excluding carboxylic acids is 2. The number of amides is 1. The van der Waals surface area contributed by atoms with Gasteiger partial charge in [0, 0.05) is 6.92 Å². The SMILES string of the molecule is CC(=O)Nc1cc(C(F)(F)F)cc(C(C)=O)c1F. The highest BCUT2D eigenvalue weighted by Gasteiger charge is 2.33. The summed E-state index contributed by atoms with van der Waals surface area (Å²) in [6, 6.07) is 0.867. The van der Waals surface area contributed by atoms with Crippen LogP contribution in [0.3, 0.4) is 0 Å². The molecule has 0 unspecified atom stereocenters. The first-order chi connectivity index (χ1) is 8.12. The van der Waals surface area contributed by atoms with Crippen LogP contribution in [0.25, 0.3) is 0 Å². The van der Waals surface area contributed by atoms with Crippen molar-refractivity contribution in [1.82, 2.24) is 0 Å². The number of benzene rings is 1. The van der Waals surface area contributed by atoms with E-state index in [4.69, 9.17) is 0 Å². The van der Waals surface area contributed by atoms with Crippen molar-refractivity contribution in [2.24, 2.45) is 0 Å². The Morgan fingerprint density at radius 1 is 1.17 bits per heavy atom. The van der Waals surface area contributed by atoms with Gasteiger partial charge in [-0.15, -0.1) is 0 Å². The molecular formula is C11H9F4NO2. The van der Waals surface area contributed by atoms with Crippen LogP contribution in [0.1, 0.15) is 29.8 Å². The molecule has 3 nitrogen and oxygen atoms in total. The maximum absolute atomic E-state index is 13.6. The number of alkyl halides is 3. The van der Waals surface area contributed by atoms with E-state index in [9.17, 15) is 27.2 Å². The Morgan fingerprint density at radius 2 is 1.72 bits per heavy atom. The second-order valence-corrected chi connectivity index (χ2v) is 3.62. The van der Waals surface area contributed by atoms with Crippen LogP contribution >= 0.6 is 0 Å². The van der Waals surface area contributed by atoms with Crippen molar-refractivity contribution in [3.63, 3.8) is 0 Å². The number of carbonyl (C=O) groups is 2. The molecule has 0 heterocycles. The number of ketones is 1. The number of Topliss-reactive ketones (excluding diaryl/α,β-unsaturated/α-hetero) is 1. The number of anilines is 1. The molecule has 1 aromatic carbocycles. The van der Waals surface area contributed by atoms with Crippen LogP contribution in [-0.4, -0.2) is 11.7 Å². The minimum absolute atomic E-state index is 0.420. The fourth-order valence-corrected chi connectivity index (χ4v) is 1.32. The molecule has 0 saturated heterocycles. The molecule has 0 aliphatic carbocycles. The molecule has 0 saturated carbocycles. The van der Waals surface area contributed by atoms with E-state index in [2.05, 4.69) is 0 Å². The van der Waals surface area contributed by atoms with Crippen LogP contribution in [0.2, 0.25) is 0 Å². The highest BCUT2D eigenvalue weighted by atomic mass is 19.4. The van der Waals surface area contributed by atoms with Crippen LogP contribution < -0.4 is 5.32 Å². The fraction of sp³-hybridized carbons (Fsp3) is 0.273. The summed E-state index contributed by atoms with van der Waals surface area (Å²) in [5.74, 6) is -2.77.